The number of carbonyl (C=O) groups is 1. The van der Waals surface area contributed by atoms with Crippen molar-refractivity contribution in [2.45, 2.75) is 26.3 Å². The highest BCUT2D eigenvalue weighted by molar-refractivity contribution is 9.10. The number of rotatable bonds is 1. The van der Waals surface area contributed by atoms with Gasteiger partial charge in [-0.25, -0.2) is 4.79 Å². The number of carbonyl (C=O) groups excluding carboxylic acids is 1. The first-order chi connectivity index (χ1) is 7.28. The maximum absolute atomic E-state index is 11.6. The molecule has 2 N–H and O–H groups in total. The largest absolute Gasteiger partial charge is 0.333 e. The van der Waals surface area contributed by atoms with E-state index in [0.29, 0.717) is 10.7 Å². The summed E-state index contributed by atoms with van der Waals surface area (Å²) in [6, 6.07) is 4.99. The molecule has 16 heavy (non-hydrogen) atoms. The quantitative estimate of drug-likeness (QED) is 0.808. The Kier molecular flexibility index (Phi) is 4.21. The number of benzene rings is 1. The molecule has 0 fully saturated rings. The average molecular weight is 306 g/mol. The molecule has 0 saturated carbocycles. The Morgan fingerprint density at radius 1 is 1.38 bits per heavy atom. The molecule has 0 heterocycles. The lowest BCUT2D eigenvalue weighted by Gasteiger charge is -2.20. The summed E-state index contributed by atoms with van der Waals surface area (Å²) in [5.41, 5.74) is 0.436. The van der Waals surface area contributed by atoms with Gasteiger partial charge < -0.3 is 10.6 Å². The van der Waals surface area contributed by atoms with E-state index >= 15 is 0 Å². The van der Waals surface area contributed by atoms with Crippen molar-refractivity contribution in [1.29, 1.82) is 0 Å². The van der Waals surface area contributed by atoms with Crippen LogP contribution in [-0.4, -0.2) is 11.6 Å². The van der Waals surface area contributed by atoms with Crippen LogP contribution < -0.4 is 10.6 Å². The van der Waals surface area contributed by atoms with Gasteiger partial charge in [0.25, 0.3) is 0 Å². The molecular formula is C11H14BrClN2O. The third-order valence-corrected chi connectivity index (χ3v) is 2.88. The van der Waals surface area contributed by atoms with Gasteiger partial charge in [0.2, 0.25) is 0 Å². The predicted octanol–water partition coefficient (Wildman–Crippen LogP) is 4.02. The maximum Gasteiger partial charge on any atom is 0.319 e. The molecule has 0 spiro atoms. The summed E-state index contributed by atoms with van der Waals surface area (Å²) in [4.78, 5) is 11.6. The molecule has 0 aromatic heterocycles. The zero-order valence-electron chi connectivity index (χ0n) is 9.40. The number of urea groups is 1. The molecule has 0 saturated heterocycles. The molecule has 0 aliphatic carbocycles. The molecule has 2 amide bonds. The van der Waals surface area contributed by atoms with E-state index in [1.54, 1.807) is 18.2 Å². The maximum atomic E-state index is 11.6. The fourth-order valence-electron chi connectivity index (χ4n) is 1.08. The molecule has 0 radical (unpaired) electrons. The molecule has 0 aliphatic rings. The van der Waals surface area contributed by atoms with Crippen molar-refractivity contribution in [3.8, 4) is 0 Å². The van der Waals surface area contributed by atoms with Crippen LogP contribution in [0.1, 0.15) is 20.8 Å². The van der Waals surface area contributed by atoms with Crippen molar-refractivity contribution in [3.05, 3.63) is 27.7 Å². The third-order valence-electron chi connectivity index (χ3n) is 1.67. The van der Waals surface area contributed by atoms with Crippen molar-refractivity contribution >= 4 is 39.2 Å². The average Bonchev–Trinajstić information content (AvgIpc) is 2.08. The van der Waals surface area contributed by atoms with E-state index < -0.39 is 0 Å². The molecule has 3 nitrogen and oxygen atoms in total. The number of hydrogen-bond acceptors (Lipinski definition) is 1. The Balaban J connectivity index is 2.67. The van der Waals surface area contributed by atoms with Gasteiger partial charge in [-0.3, -0.25) is 0 Å². The minimum absolute atomic E-state index is 0.235. The second-order valence-electron chi connectivity index (χ2n) is 4.46. The van der Waals surface area contributed by atoms with Crippen LogP contribution >= 0.6 is 27.5 Å². The Labute approximate surface area is 109 Å². The van der Waals surface area contributed by atoms with Crippen molar-refractivity contribution in [3.63, 3.8) is 0 Å². The number of nitrogens with one attached hydrogen (secondary N) is 2. The summed E-state index contributed by atoms with van der Waals surface area (Å²) >= 11 is 9.14. The summed E-state index contributed by atoms with van der Waals surface area (Å²) in [5, 5.41) is 6.14. The van der Waals surface area contributed by atoms with Crippen LogP contribution in [0.25, 0.3) is 0 Å². The Hall–Kier alpha value is -0.740. The van der Waals surface area contributed by atoms with Crippen LogP contribution in [0.15, 0.2) is 22.7 Å². The van der Waals surface area contributed by atoms with E-state index in [1.807, 2.05) is 20.8 Å². The normalized spacial score (nSPS) is 11.1. The first kappa shape index (κ1) is 13.3. The summed E-state index contributed by atoms with van der Waals surface area (Å²) < 4.78 is 0.753. The second kappa shape index (κ2) is 5.06. The molecule has 0 aliphatic heterocycles. The summed E-state index contributed by atoms with van der Waals surface area (Å²) in [6.45, 7) is 5.76. The highest BCUT2D eigenvalue weighted by Gasteiger charge is 2.13. The number of anilines is 1. The van der Waals surface area contributed by atoms with Crippen molar-refractivity contribution in [2.24, 2.45) is 0 Å². The highest BCUT2D eigenvalue weighted by atomic mass is 79.9. The van der Waals surface area contributed by atoms with Crippen LogP contribution in [0.3, 0.4) is 0 Å². The molecule has 0 bridgehead atoms. The molecule has 1 aromatic carbocycles. The summed E-state index contributed by atoms with van der Waals surface area (Å²) in [7, 11) is 0. The van der Waals surface area contributed by atoms with Crippen LogP contribution in [0.4, 0.5) is 10.5 Å². The van der Waals surface area contributed by atoms with Gasteiger partial charge in [0.05, 0.1) is 5.02 Å². The fraction of sp³-hybridized carbons (Fsp3) is 0.364. The minimum atomic E-state index is -0.256. The molecule has 5 heteroatoms. The molecular weight excluding hydrogens is 291 g/mol. The fourth-order valence-corrected chi connectivity index (χ4v) is 1.57. The zero-order valence-corrected chi connectivity index (χ0v) is 11.7. The van der Waals surface area contributed by atoms with E-state index in [-0.39, 0.29) is 11.6 Å². The molecule has 0 unspecified atom stereocenters. The smallest absolute Gasteiger partial charge is 0.319 e. The Morgan fingerprint density at radius 2 is 2.00 bits per heavy atom. The zero-order chi connectivity index (χ0) is 12.3. The van der Waals surface area contributed by atoms with Crippen molar-refractivity contribution < 1.29 is 4.79 Å². The Bertz CT molecular complexity index is 401. The second-order valence-corrected chi connectivity index (χ2v) is 5.72. The number of hydrogen-bond donors (Lipinski definition) is 2. The molecule has 1 rings (SSSR count). The lowest BCUT2D eigenvalue weighted by molar-refractivity contribution is 0.244. The van der Waals surface area contributed by atoms with Gasteiger partial charge in [0.15, 0.2) is 0 Å². The van der Waals surface area contributed by atoms with Gasteiger partial charge in [0.1, 0.15) is 0 Å². The topological polar surface area (TPSA) is 41.1 Å². The first-order valence-corrected chi connectivity index (χ1v) is 5.99. The molecule has 88 valence electrons. The SMILES string of the molecule is CC(C)(C)NC(=O)Nc1ccc(Cl)c(Br)c1. The number of amides is 2. The van der Waals surface area contributed by atoms with Gasteiger partial charge in [-0.05, 0) is 54.9 Å². The van der Waals surface area contributed by atoms with Gasteiger partial charge in [-0.1, -0.05) is 11.6 Å². The van der Waals surface area contributed by atoms with Crippen LogP contribution in [0.5, 0.6) is 0 Å². The predicted molar refractivity (Wildman–Crippen MR) is 71.1 cm³/mol. The standard InChI is InChI=1S/C11H14BrClN2O/c1-11(2,3)15-10(16)14-7-4-5-9(13)8(12)6-7/h4-6H,1-3H3,(H2,14,15,16). The van der Waals surface area contributed by atoms with E-state index in [4.69, 9.17) is 11.6 Å². The van der Waals surface area contributed by atoms with Gasteiger partial charge in [-0.2, -0.15) is 0 Å². The minimum Gasteiger partial charge on any atom is -0.333 e. The summed E-state index contributed by atoms with van der Waals surface area (Å²) in [5.74, 6) is 0. The van der Waals surface area contributed by atoms with E-state index in [1.165, 1.54) is 0 Å². The van der Waals surface area contributed by atoms with Gasteiger partial charge in [0, 0.05) is 15.7 Å². The molecule has 0 atom stereocenters. The van der Waals surface area contributed by atoms with E-state index in [2.05, 4.69) is 26.6 Å². The number of halogens is 2. The highest BCUT2D eigenvalue weighted by Crippen LogP contribution is 2.25. The van der Waals surface area contributed by atoms with Crippen molar-refractivity contribution in [2.75, 3.05) is 5.32 Å². The lowest BCUT2D eigenvalue weighted by atomic mass is 10.1. The van der Waals surface area contributed by atoms with Crippen LogP contribution in [-0.2, 0) is 0 Å². The first-order valence-electron chi connectivity index (χ1n) is 4.82. The van der Waals surface area contributed by atoms with Crippen molar-refractivity contribution in [1.82, 2.24) is 5.32 Å². The third kappa shape index (κ3) is 4.41. The van der Waals surface area contributed by atoms with Crippen LogP contribution in [0.2, 0.25) is 5.02 Å². The van der Waals surface area contributed by atoms with E-state index in [0.717, 1.165) is 4.47 Å². The van der Waals surface area contributed by atoms with Gasteiger partial charge in [-0.15, -0.1) is 0 Å². The lowest BCUT2D eigenvalue weighted by Crippen LogP contribution is -2.43. The summed E-state index contributed by atoms with van der Waals surface area (Å²) in [6.07, 6.45) is 0. The van der Waals surface area contributed by atoms with E-state index in [9.17, 15) is 4.79 Å². The monoisotopic (exact) mass is 304 g/mol. The molecule has 1 aromatic rings. The van der Waals surface area contributed by atoms with Gasteiger partial charge >= 0.3 is 6.03 Å². The Morgan fingerprint density at radius 3 is 2.50 bits per heavy atom. The van der Waals surface area contributed by atoms with Crippen LogP contribution in [0, 0.1) is 0 Å².